The second-order valence-corrected chi connectivity index (χ2v) is 9.79. The van der Waals surface area contributed by atoms with Crippen LogP contribution in [-0.4, -0.2) is 51.1 Å². The standard InChI is InChI=1S/C27H29F9N2O4/c1-15-8-20(19-12-22(40-2)23(41-3)13-21(19)37(15)7-5-6-25(28,29)30)38(24(39)42-4)14-16-9-17(26(31,32)33)11-18(10-16)27(34,35)36/h9-13,15,20H,5-8,14H2,1-4H3. The number of anilines is 1. The number of carbonyl (C=O) groups is 1. The van der Waals surface area contributed by atoms with Crippen LogP contribution in [0.2, 0.25) is 0 Å². The zero-order chi connectivity index (χ0) is 31.6. The fourth-order valence-electron chi connectivity index (χ4n) is 5.03. The number of ether oxygens (including phenoxy) is 3. The highest BCUT2D eigenvalue weighted by molar-refractivity contribution is 5.71. The van der Waals surface area contributed by atoms with Crippen molar-refractivity contribution < 1.29 is 58.5 Å². The number of hydrogen-bond donors (Lipinski definition) is 0. The summed E-state index contributed by atoms with van der Waals surface area (Å²) >= 11 is 0. The topological polar surface area (TPSA) is 51.2 Å². The number of halogens is 9. The highest BCUT2D eigenvalue weighted by Gasteiger charge is 2.40. The molecule has 0 saturated carbocycles. The minimum Gasteiger partial charge on any atom is -0.493 e. The van der Waals surface area contributed by atoms with Gasteiger partial charge in [-0.15, -0.1) is 0 Å². The fourth-order valence-corrected chi connectivity index (χ4v) is 5.03. The maximum absolute atomic E-state index is 13.5. The largest absolute Gasteiger partial charge is 0.493 e. The number of carbonyl (C=O) groups excluding carboxylic acids is 1. The molecule has 2 aromatic rings. The highest BCUT2D eigenvalue weighted by atomic mass is 19.4. The smallest absolute Gasteiger partial charge is 0.416 e. The molecule has 0 spiro atoms. The monoisotopic (exact) mass is 616 g/mol. The molecule has 0 saturated heterocycles. The highest BCUT2D eigenvalue weighted by Crippen LogP contribution is 2.47. The number of rotatable bonds is 8. The van der Waals surface area contributed by atoms with Crippen LogP contribution in [0.4, 0.5) is 50.0 Å². The number of methoxy groups -OCH3 is 3. The molecule has 15 heteroatoms. The van der Waals surface area contributed by atoms with E-state index in [4.69, 9.17) is 14.2 Å². The van der Waals surface area contributed by atoms with Crippen molar-refractivity contribution in [2.75, 3.05) is 32.8 Å². The maximum atomic E-state index is 13.5. The molecule has 1 aliphatic rings. The first-order valence-corrected chi connectivity index (χ1v) is 12.6. The van der Waals surface area contributed by atoms with Crippen molar-refractivity contribution in [2.24, 2.45) is 0 Å². The van der Waals surface area contributed by atoms with Crippen LogP contribution in [-0.2, 0) is 23.6 Å². The quantitative estimate of drug-likeness (QED) is 0.282. The molecule has 234 valence electrons. The third-order valence-corrected chi connectivity index (χ3v) is 6.94. The van der Waals surface area contributed by atoms with Crippen LogP contribution >= 0.6 is 0 Å². The van der Waals surface area contributed by atoms with Crippen molar-refractivity contribution in [3.8, 4) is 11.5 Å². The fraction of sp³-hybridized carbons (Fsp3) is 0.519. The first-order valence-electron chi connectivity index (χ1n) is 12.6. The predicted octanol–water partition coefficient (Wildman–Crippen LogP) is 7.99. The average molecular weight is 617 g/mol. The zero-order valence-corrected chi connectivity index (χ0v) is 23.0. The number of benzene rings is 2. The van der Waals surface area contributed by atoms with Crippen molar-refractivity contribution >= 4 is 11.8 Å². The van der Waals surface area contributed by atoms with Crippen LogP contribution in [0.25, 0.3) is 0 Å². The molecule has 0 aromatic heterocycles. The van der Waals surface area contributed by atoms with Gasteiger partial charge in [0.2, 0.25) is 0 Å². The van der Waals surface area contributed by atoms with Gasteiger partial charge in [-0.1, -0.05) is 0 Å². The van der Waals surface area contributed by atoms with Gasteiger partial charge in [-0.3, -0.25) is 4.90 Å². The van der Waals surface area contributed by atoms with Gasteiger partial charge in [-0.25, -0.2) is 4.79 Å². The molecular formula is C27H29F9N2O4. The zero-order valence-electron chi connectivity index (χ0n) is 23.0. The average Bonchev–Trinajstić information content (AvgIpc) is 2.89. The van der Waals surface area contributed by atoms with Crippen molar-refractivity contribution in [3.05, 3.63) is 52.6 Å². The van der Waals surface area contributed by atoms with Gasteiger partial charge >= 0.3 is 24.6 Å². The summed E-state index contributed by atoms with van der Waals surface area (Å²) in [6.07, 6.45) is -16.9. The van der Waals surface area contributed by atoms with Gasteiger partial charge in [0.15, 0.2) is 11.5 Å². The number of hydrogen-bond acceptors (Lipinski definition) is 5. The van der Waals surface area contributed by atoms with Crippen molar-refractivity contribution in [1.82, 2.24) is 4.90 Å². The first-order chi connectivity index (χ1) is 19.4. The Hall–Kier alpha value is -3.52. The van der Waals surface area contributed by atoms with E-state index < -0.39 is 66.4 Å². The van der Waals surface area contributed by atoms with Crippen molar-refractivity contribution in [3.63, 3.8) is 0 Å². The molecule has 2 unspecified atom stereocenters. The van der Waals surface area contributed by atoms with E-state index in [9.17, 15) is 44.3 Å². The van der Waals surface area contributed by atoms with E-state index in [1.165, 1.54) is 26.4 Å². The maximum Gasteiger partial charge on any atom is 0.416 e. The van der Waals surface area contributed by atoms with E-state index in [-0.39, 0.29) is 37.0 Å². The Bertz CT molecular complexity index is 1230. The van der Waals surface area contributed by atoms with Gasteiger partial charge in [-0.2, -0.15) is 39.5 Å². The molecule has 3 rings (SSSR count). The summed E-state index contributed by atoms with van der Waals surface area (Å²) in [4.78, 5) is 15.7. The van der Waals surface area contributed by atoms with E-state index in [2.05, 4.69) is 0 Å². The van der Waals surface area contributed by atoms with Crippen molar-refractivity contribution in [2.45, 2.75) is 63.3 Å². The number of fused-ring (bicyclic) bond motifs is 1. The van der Waals surface area contributed by atoms with Crippen molar-refractivity contribution in [1.29, 1.82) is 0 Å². The minimum absolute atomic E-state index is 0.0140. The van der Waals surface area contributed by atoms with Crippen LogP contribution < -0.4 is 14.4 Å². The molecule has 1 heterocycles. The Balaban J connectivity index is 2.14. The molecule has 42 heavy (non-hydrogen) atoms. The van der Waals surface area contributed by atoms with Gasteiger partial charge in [0.25, 0.3) is 0 Å². The van der Waals surface area contributed by atoms with Crippen LogP contribution in [0.5, 0.6) is 11.5 Å². The third kappa shape index (κ3) is 7.65. The van der Waals surface area contributed by atoms with Gasteiger partial charge in [0.05, 0.1) is 38.5 Å². The van der Waals surface area contributed by atoms with Crippen LogP contribution in [0.15, 0.2) is 30.3 Å². The van der Waals surface area contributed by atoms with Crippen LogP contribution in [0.1, 0.15) is 54.5 Å². The van der Waals surface area contributed by atoms with E-state index >= 15 is 0 Å². The van der Waals surface area contributed by atoms with E-state index in [1.807, 2.05) is 0 Å². The molecule has 0 N–H and O–H groups in total. The van der Waals surface area contributed by atoms with E-state index in [1.54, 1.807) is 11.8 Å². The Morgan fingerprint density at radius 3 is 1.90 bits per heavy atom. The SMILES string of the molecule is COC(=O)N(Cc1cc(C(F)(F)F)cc(C(F)(F)F)c1)C1CC(C)N(CCCC(F)(F)F)c2cc(OC)c(OC)cc21. The summed E-state index contributed by atoms with van der Waals surface area (Å²) in [5.41, 5.74) is -2.84. The molecule has 6 nitrogen and oxygen atoms in total. The van der Waals surface area contributed by atoms with E-state index in [0.717, 1.165) is 12.0 Å². The second kappa shape index (κ2) is 12.4. The predicted molar refractivity (Wildman–Crippen MR) is 133 cm³/mol. The number of nitrogens with zero attached hydrogens (tertiary/aromatic N) is 2. The summed E-state index contributed by atoms with van der Waals surface area (Å²) in [7, 11) is 3.67. The van der Waals surface area contributed by atoms with Crippen LogP contribution in [0, 0.1) is 0 Å². The number of alkyl halides is 9. The molecule has 0 bridgehead atoms. The molecule has 1 aliphatic heterocycles. The Labute approximate surface area is 235 Å². The molecular weight excluding hydrogens is 587 g/mol. The summed E-state index contributed by atoms with van der Waals surface area (Å²) in [5, 5.41) is 0. The summed E-state index contributed by atoms with van der Waals surface area (Å²) in [5.74, 6) is 0.413. The van der Waals surface area contributed by atoms with Crippen LogP contribution in [0.3, 0.4) is 0 Å². The summed E-state index contributed by atoms with van der Waals surface area (Å²) in [6, 6.07) is 2.54. The first kappa shape index (κ1) is 33.0. The molecule has 2 aromatic carbocycles. The van der Waals surface area contributed by atoms with Gasteiger partial charge in [0, 0.05) is 42.9 Å². The Morgan fingerprint density at radius 1 is 0.881 bits per heavy atom. The van der Waals surface area contributed by atoms with Gasteiger partial charge < -0.3 is 19.1 Å². The Kier molecular flexibility index (Phi) is 9.72. The summed E-state index contributed by atoms with van der Waals surface area (Å²) < 4.78 is 135. The molecule has 0 aliphatic carbocycles. The normalized spacial score (nSPS) is 17.5. The lowest BCUT2D eigenvalue weighted by Gasteiger charge is -2.44. The molecule has 2 atom stereocenters. The molecule has 0 fully saturated rings. The lowest BCUT2D eigenvalue weighted by atomic mass is 9.89. The molecule has 0 radical (unpaired) electrons. The Morgan fingerprint density at radius 2 is 1.43 bits per heavy atom. The lowest BCUT2D eigenvalue weighted by molar-refractivity contribution is -0.143. The lowest BCUT2D eigenvalue weighted by Crippen LogP contribution is -2.45. The van der Waals surface area contributed by atoms with Gasteiger partial charge in [-0.05, 0) is 49.6 Å². The third-order valence-electron chi connectivity index (χ3n) is 6.94. The van der Waals surface area contributed by atoms with E-state index in [0.29, 0.717) is 23.4 Å². The minimum atomic E-state index is -5.10. The molecule has 1 amide bonds. The second-order valence-electron chi connectivity index (χ2n) is 9.79. The number of amides is 1. The summed E-state index contributed by atoms with van der Waals surface area (Å²) in [6.45, 7) is 0.956. The van der Waals surface area contributed by atoms with Gasteiger partial charge in [0.1, 0.15) is 0 Å².